The fraction of sp³-hybridized carbons (Fsp3) is 0.389. The molecule has 100 heavy (non-hydrogen) atoms. The van der Waals surface area contributed by atoms with E-state index in [1.807, 2.05) is 76.2 Å². The number of rotatable bonds is 44. The predicted octanol–water partition coefficient (Wildman–Crippen LogP) is 8.34. The van der Waals surface area contributed by atoms with Gasteiger partial charge in [0.25, 0.3) is 0 Å². The summed E-state index contributed by atoms with van der Waals surface area (Å²) in [6.07, 6.45) is -5.06. The quantitative estimate of drug-likeness (QED) is 0.0183. The highest BCUT2D eigenvalue weighted by molar-refractivity contribution is 5.87. The summed E-state index contributed by atoms with van der Waals surface area (Å²) in [5.41, 5.74) is 3.10. The van der Waals surface area contributed by atoms with Crippen LogP contribution in [0.1, 0.15) is 115 Å². The number of hydrogen-bond donors (Lipinski definition) is 4. The fourth-order valence-electron chi connectivity index (χ4n) is 8.29. The first-order chi connectivity index (χ1) is 47.2. The van der Waals surface area contributed by atoms with E-state index in [1.54, 1.807) is 48.5 Å². The van der Waals surface area contributed by atoms with Gasteiger partial charge in [-0.3, -0.25) is 38.4 Å². The number of esters is 8. The Morgan fingerprint density at radius 3 is 0.720 bits per heavy atom. The van der Waals surface area contributed by atoms with Gasteiger partial charge in [-0.1, -0.05) is 103 Å². The second-order valence-electron chi connectivity index (χ2n) is 23.0. The van der Waals surface area contributed by atoms with E-state index in [4.69, 9.17) is 77.3 Å². The van der Waals surface area contributed by atoms with Gasteiger partial charge in [-0.05, 0) is 84.6 Å². The van der Waals surface area contributed by atoms with Crippen LogP contribution in [0.15, 0.2) is 147 Å². The third-order valence-electron chi connectivity index (χ3n) is 14.1. The highest BCUT2D eigenvalue weighted by Crippen LogP contribution is 2.35. The number of carboxylic acids is 4. The van der Waals surface area contributed by atoms with Crippen LogP contribution in [0.2, 0.25) is 0 Å². The molecule has 0 bridgehead atoms. The molecule has 4 N–H and O–H groups in total. The average Bonchev–Trinajstić information content (AvgIpc) is 0.810. The van der Waals surface area contributed by atoms with Crippen molar-refractivity contribution >= 4 is 71.6 Å². The molecule has 0 heterocycles. The second kappa shape index (κ2) is 42.4. The summed E-state index contributed by atoms with van der Waals surface area (Å²) in [7, 11) is 0. The first-order valence-electron chi connectivity index (χ1n) is 31.0. The lowest BCUT2D eigenvalue weighted by atomic mass is 9.78. The molecule has 0 aromatic heterocycles. The van der Waals surface area contributed by atoms with E-state index in [1.165, 1.54) is 13.8 Å². The Hall–Kier alpha value is -11.3. The Labute approximate surface area is 577 Å². The minimum atomic E-state index is -1.15. The van der Waals surface area contributed by atoms with Crippen molar-refractivity contribution in [1.82, 2.24) is 0 Å². The lowest BCUT2D eigenvalue weighted by Gasteiger charge is -2.27. The standard InChI is InChI=1S/C37H44O14.C35H40O14/c1-23(2)35(44)48-21-29(50-33(42)17-15-31(38)39)19-46-27-11-7-25(8-12-27)37(5,6)26-9-13-28(14-10-26)47-20-30(22-49-36(45)24(3)4)51-34(43)18-16-32(40)41;1-5-31(40)46-21-27(48-33(42)17-15-29(36)37)19-44-25-11-7-23(8-12-25)35(3,4)24-9-13-26(14-10-24)45-20-28(22-47-32(41)6-2)49-34(43)18-16-30(38)39/h7-14,29-30H,1,3,15-22H2,2,4-6H3,(H,38,39)(H,40,41);5-14,27-28H,1-2,15-22H2,3-4H3,(H,36,37)(H,38,39). The molecule has 4 aromatic rings. The van der Waals surface area contributed by atoms with E-state index in [9.17, 15) is 57.5 Å². The van der Waals surface area contributed by atoms with Gasteiger partial charge in [0.15, 0.2) is 24.4 Å². The fourth-order valence-corrected chi connectivity index (χ4v) is 8.29. The number of aliphatic carboxylic acids is 4. The highest BCUT2D eigenvalue weighted by Gasteiger charge is 2.28. The zero-order valence-corrected chi connectivity index (χ0v) is 56.4. The van der Waals surface area contributed by atoms with Crippen LogP contribution < -0.4 is 18.9 Å². The van der Waals surface area contributed by atoms with E-state index in [-0.39, 0.29) is 89.7 Å². The molecule has 28 heteroatoms. The van der Waals surface area contributed by atoms with Crippen LogP contribution in [0, 0.1) is 0 Å². The third kappa shape index (κ3) is 32.2. The Morgan fingerprint density at radius 1 is 0.340 bits per heavy atom. The zero-order chi connectivity index (χ0) is 74.5. The van der Waals surface area contributed by atoms with Gasteiger partial charge in [0.2, 0.25) is 0 Å². The Balaban J connectivity index is 0.000000521. The number of ether oxygens (including phenoxy) is 12. The van der Waals surface area contributed by atoms with Gasteiger partial charge in [-0.25, -0.2) is 19.2 Å². The van der Waals surface area contributed by atoms with Crippen molar-refractivity contribution in [3.05, 3.63) is 169 Å². The molecular weight excluding hydrogens is 1310 g/mol. The Bertz CT molecular complexity index is 3250. The summed E-state index contributed by atoms with van der Waals surface area (Å²) in [6.45, 7) is 22.8. The third-order valence-corrected chi connectivity index (χ3v) is 14.1. The van der Waals surface area contributed by atoms with E-state index in [0.717, 1.165) is 34.4 Å². The summed E-state index contributed by atoms with van der Waals surface area (Å²) in [5.74, 6) is -8.69. The van der Waals surface area contributed by atoms with E-state index in [0.29, 0.717) is 23.0 Å². The monoisotopic (exact) mass is 1400 g/mol. The van der Waals surface area contributed by atoms with Crippen LogP contribution in [0.25, 0.3) is 0 Å². The molecule has 540 valence electrons. The topological polar surface area (TPSA) is 397 Å². The normalized spacial score (nSPS) is 12.0. The summed E-state index contributed by atoms with van der Waals surface area (Å²) in [4.78, 5) is 138. The van der Waals surface area contributed by atoms with Gasteiger partial charge >= 0.3 is 71.6 Å². The molecule has 0 radical (unpaired) electrons. The zero-order valence-electron chi connectivity index (χ0n) is 56.4. The number of hydrogen-bond acceptors (Lipinski definition) is 24. The van der Waals surface area contributed by atoms with Gasteiger partial charge in [0.05, 0.1) is 51.4 Å². The van der Waals surface area contributed by atoms with Crippen LogP contribution >= 0.6 is 0 Å². The molecule has 4 aromatic carbocycles. The lowest BCUT2D eigenvalue weighted by Crippen LogP contribution is -2.31. The Morgan fingerprint density at radius 2 is 0.540 bits per heavy atom. The molecule has 0 spiro atoms. The van der Waals surface area contributed by atoms with Crippen LogP contribution in [0.5, 0.6) is 23.0 Å². The number of benzene rings is 4. The SMILES string of the molecule is C=C(C)C(=O)OCC(COc1ccc(C(C)(C)c2ccc(OCC(COC(=O)C(=C)C)OC(=O)CCC(=O)O)cc2)cc1)OC(=O)CCC(=O)O.C=CC(=O)OCC(COc1ccc(C(C)(C)c2ccc(OCC(COC(=O)C=C)OC(=O)CCC(=O)O)cc2)cc1)OC(=O)CCC(=O)O. The summed E-state index contributed by atoms with van der Waals surface area (Å²) in [5, 5.41) is 35.2. The summed E-state index contributed by atoms with van der Waals surface area (Å²) >= 11 is 0. The van der Waals surface area contributed by atoms with Crippen molar-refractivity contribution < 1.29 is 135 Å². The molecule has 0 saturated heterocycles. The molecule has 0 saturated carbocycles. The smallest absolute Gasteiger partial charge is 0.333 e. The molecular formula is C72H84O28. The first kappa shape index (κ1) is 82.9. The second-order valence-corrected chi connectivity index (χ2v) is 23.0. The van der Waals surface area contributed by atoms with Crippen molar-refractivity contribution in [2.45, 2.75) is 128 Å². The first-order valence-corrected chi connectivity index (χ1v) is 31.0. The van der Waals surface area contributed by atoms with Crippen molar-refractivity contribution in [1.29, 1.82) is 0 Å². The number of carboxylic acid groups (broad SMARTS) is 4. The molecule has 0 fully saturated rings. The average molecular weight is 1400 g/mol. The summed E-state index contributed by atoms with van der Waals surface area (Å²) < 4.78 is 64.3. The molecule has 28 nitrogen and oxygen atoms in total. The Kier molecular flexibility index (Phi) is 35.1. The minimum absolute atomic E-state index is 0.160. The van der Waals surface area contributed by atoms with Crippen molar-refractivity contribution in [3.8, 4) is 23.0 Å². The maximum Gasteiger partial charge on any atom is 0.333 e. The summed E-state index contributed by atoms with van der Waals surface area (Å²) in [6, 6.07) is 28.7. The largest absolute Gasteiger partial charge is 0.490 e. The van der Waals surface area contributed by atoms with Gasteiger partial charge < -0.3 is 77.3 Å². The minimum Gasteiger partial charge on any atom is -0.490 e. The molecule has 4 atom stereocenters. The predicted molar refractivity (Wildman–Crippen MR) is 353 cm³/mol. The number of carbonyl (C=O) groups excluding carboxylic acids is 8. The van der Waals surface area contributed by atoms with Crippen LogP contribution in [0.4, 0.5) is 0 Å². The molecule has 4 unspecified atom stereocenters. The molecule has 0 aliphatic carbocycles. The van der Waals surface area contributed by atoms with E-state index in [2.05, 4.69) is 26.3 Å². The number of carbonyl (C=O) groups is 12. The molecule has 0 aliphatic rings. The van der Waals surface area contributed by atoms with Crippen LogP contribution in [-0.2, 0) is 106 Å². The maximum atomic E-state index is 12.1. The van der Waals surface area contributed by atoms with Crippen molar-refractivity contribution in [3.63, 3.8) is 0 Å². The highest BCUT2D eigenvalue weighted by atomic mass is 16.6. The van der Waals surface area contributed by atoms with Gasteiger partial charge in [-0.15, -0.1) is 0 Å². The van der Waals surface area contributed by atoms with Gasteiger partial charge in [0, 0.05) is 34.1 Å². The van der Waals surface area contributed by atoms with Gasteiger partial charge in [0.1, 0.15) is 75.9 Å². The maximum absolute atomic E-state index is 12.1. The molecule has 0 amide bonds. The lowest BCUT2D eigenvalue weighted by molar-refractivity contribution is -0.160. The van der Waals surface area contributed by atoms with Crippen molar-refractivity contribution in [2.24, 2.45) is 0 Å². The molecule has 0 aliphatic heterocycles. The van der Waals surface area contributed by atoms with Crippen molar-refractivity contribution in [2.75, 3.05) is 52.9 Å². The van der Waals surface area contributed by atoms with Gasteiger partial charge in [-0.2, -0.15) is 0 Å². The molecule has 4 rings (SSSR count). The van der Waals surface area contributed by atoms with E-state index >= 15 is 0 Å². The van der Waals surface area contributed by atoms with E-state index < -0.39 is 133 Å². The van der Waals surface area contributed by atoms with Crippen LogP contribution in [0.3, 0.4) is 0 Å². The van der Waals surface area contributed by atoms with Crippen LogP contribution in [-0.4, -0.2) is 169 Å².